The van der Waals surface area contributed by atoms with Crippen LogP contribution in [-0.4, -0.2) is 17.8 Å². The number of fused-ring (bicyclic) bond motifs is 2. The lowest BCUT2D eigenvalue weighted by Gasteiger charge is -2.09. The summed E-state index contributed by atoms with van der Waals surface area (Å²) in [5, 5.41) is 7.95. The second kappa shape index (κ2) is 6.73. The van der Waals surface area contributed by atoms with Crippen molar-refractivity contribution in [3.63, 3.8) is 0 Å². The van der Waals surface area contributed by atoms with Crippen molar-refractivity contribution in [1.29, 1.82) is 0 Å². The molecule has 4 heteroatoms. The highest BCUT2D eigenvalue weighted by molar-refractivity contribution is 9.10. The molecule has 0 spiro atoms. The summed E-state index contributed by atoms with van der Waals surface area (Å²) in [5.74, 6) is 0. The van der Waals surface area contributed by atoms with Crippen LogP contribution in [0.4, 0.5) is 0 Å². The summed E-state index contributed by atoms with van der Waals surface area (Å²) >= 11 is 3.57. The third-order valence-electron chi connectivity index (χ3n) is 4.43. The molecule has 0 unspecified atom stereocenters. The summed E-state index contributed by atoms with van der Waals surface area (Å²) < 4.78 is 3.36. The van der Waals surface area contributed by atoms with E-state index < -0.39 is 0 Å². The van der Waals surface area contributed by atoms with Gasteiger partial charge in [-0.2, -0.15) is 5.10 Å². The highest BCUT2D eigenvalue weighted by Gasteiger charge is 2.09. The van der Waals surface area contributed by atoms with Crippen molar-refractivity contribution in [2.75, 3.05) is 7.05 Å². The average Bonchev–Trinajstić information content (AvgIpc) is 2.97. The van der Waals surface area contributed by atoms with E-state index in [-0.39, 0.29) is 0 Å². The van der Waals surface area contributed by atoms with Gasteiger partial charge in [-0.1, -0.05) is 58.4 Å². The molecular formula is C21H18BrN3. The number of halogens is 1. The predicted octanol–water partition coefficient (Wildman–Crippen LogP) is 5.16. The summed E-state index contributed by atoms with van der Waals surface area (Å²) in [5.41, 5.74) is 6.45. The molecule has 0 aliphatic carbocycles. The number of benzene rings is 3. The normalized spacial score (nSPS) is 11.6. The maximum absolute atomic E-state index is 4.19. The Labute approximate surface area is 155 Å². The van der Waals surface area contributed by atoms with E-state index in [4.69, 9.17) is 0 Å². The van der Waals surface area contributed by atoms with Gasteiger partial charge < -0.3 is 9.99 Å². The minimum atomic E-state index is 0.826. The second-order valence-corrected chi connectivity index (χ2v) is 6.91. The van der Waals surface area contributed by atoms with Crippen LogP contribution < -0.4 is 5.43 Å². The van der Waals surface area contributed by atoms with Gasteiger partial charge in [-0.3, -0.25) is 0 Å². The topological polar surface area (TPSA) is 29.3 Å². The predicted molar refractivity (Wildman–Crippen MR) is 109 cm³/mol. The van der Waals surface area contributed by atoms with E-state index >= 15 is 0 Å². The summed E-state index contributed by atoms with van der Waals surface area (Å²) in [6, 6.07) is 21.4. The van der Waals surface area contributed by atoms with Crippen LogP contribution in [0.5, 0.6) is 0 Å². The molecule has 1 N–H and O–H groups in total. The summed E-state index contributed by atoms with van der Waals surface area (Å²) in [6.07, 6.45) is 4.04. The molecule has 0 amide bonds. The molecule has 0 aliphatic rings. The lowest BCUT2D eigenvalue weighted by Crippen LogP contribution is -1.99. The fourth-order valence-corrected chi connectivity index (χ4v) is 3.64. The van der Waals surface area contributed by atoms with Gasteiger partial charge >= 0.3 is 0 Å². The molecule has 4 rings (SSSR count). The molecule has 3 aromatic carbocycles. The second-order valence-electron chi connectivity index (χ2n) is 5.99. The monoisotopic (exact) mass is 391 g/mol. The number of hydrogen-bond acceptors (Lipinski definition) is 2. The molecule has 1 aromatic heterocycles. The lowest BCUT2D eigenvalue weighted by molar-refractivity contribution is 0.842. The van der Waals surface area contributed by atoms with Crippen molar-refractivity contribution in [1.82, 2.24) is 9.99 Å². The molecular weight excluding hydrogens is 374 g/mol. The van der Waals surface area contributed by atoms with Crippen molar-refractivity contribution in [3.8, 4) is 0 Å². The van der Waals surface area contributed by atoms with E-state index in [0.29, 0.717) is 0 Å². The Balaban J connectivity index is 1.85. The SMILES string of the molecule is CN/N=C/c1cn(Cc2cccc3ccccc23)c2ccc(Br)cc12. The first-order chi connectivity index (χ1) is 12.3. The fraction of sp³-hybridized carbons (Fsp3) is 0.0952. The Morgan fingerprint density at radius 3 is 2.76 bits per heavy atom. The zero-order valence-electron chi connectivity index (χ0n) is 13.9. The van der Waals surface area contributed by atoms with Crippen LogP contribution in [0.1, 0.15) is 11.1 Å². The van der Waals surface area contributed by atoms with E-state index in [1.165, 1.54) is 27.2 Å². The van der Waals surface area contributed by atoms with Crippen molar-refractivity contribution in [3.05, 3.63) is 82.5 Å². The number of aromatic nitrogens is 1. The Morgan fingerprint density at radius 2 is 1.88 bits per heavy atom. The molecule has 0 radical (unpaired) electrons. The molecule has 0 saturated heterocycles. The quantitative estimate of drug-likeness (QED) is 0.377. The first-order valence-corrected chi connectivity index (χ1v) is 9.00. The van der Waals surface area contributed by atoms with Crippen molar-refractivity contribution in [2.45, 2.75) is 6.54 Å². The first kappa shape index (κ1) is 15.9. The van der Waals surface area contributed by atoms with Crippen molar-refractivity contribution in [2.24, 2.45) is 5.10 Å². The number of hydrogen-bond donors (Lipinski definition) is 1. The Morgan fingerprint density at radius 1 is 1.04 bits per heavy atom. The molecule has 0 fully saturated rings. The van der Waals surface area contributed by atoms with Gasteiger partial charge in [0.2, 0.25) is 0 Å². The summed E-state index contributed by atoms with van der Waals surface area (Å²) in [6.45, 7) is 0.826. The zero-order valence-corrected chi connectivity index (χ0v) is 15.5. The van der Waals surface area contributed by atoms with Crippen LogP contribution in [-0.2, 0) is 6.54 Å². The number of nitrogens with one attached hydrogen (secondary N) is 1. The standard InChI is InChI=1S/C21H18BrN3/c1-23-24-12-17-14-25(21-10-9-18(22)11-20(17)21)13-16-7-4-6-15-5-2-3-8-19(15)16/h2-12,14,23H,13H2,1H3/b24-12+. The Bertz CT molecular complexity index is 1070. The van der Waals surface area contributed by atoms with E-state index in [0.717, 1.165) is 16.6 Å². The van der Waals surface area contributed by atoms with E-state index in [1.54, 1.807) is 0 Å². The highest BCUT2D eigenvalue weighted by Crippen LogP contribution is 2.27. The summed E-state index contributed by atoms with van der Waals surface area (Å²) in [7, 11) is 1.81. The first-order valence-electron chi connectivity index (χ1n) is 8.21. The van der Waals surface area contributed by atoms with Gasteiger partial charge in [0.25, 0.3) is 0 Å². The van der Waals surface area contributed by atoms with Crippen LogP contribution >= 0.6 is 15.9 Å². The third kappa shape index (κ3) is 3.05. The van der Waals surface area contributed by atoms with Crippen molar-refractivity contribution < 1.29 is 0 Å². The van der Waals surface area contributed by atoms with Gasteiger partial charge in [-0.25, -0.2) is 0 Å². The van der Waals surface area contributed by atoms with Gasteiger partial charge in [0.15, 0.2) is 0 Å². The molecule has 25 heavy (non-hydrogen) atoms. The molecule has 0 bridgehead atoms. The van der Waals surface area contributed by atoms with Gasteiger partial charge in [0, 0.05) is 40.7 Å². The molecule has 3 nitrogen and oxygen atoms in total. The van der Waals surface area contributed by atoms with Crippen LogP contribution in [0.25, 0.3) is 21.7 Å². The number of nitrogens with zero attached hydrogens (tertiary/aromatic N) is 2. The van der Waals surface area contributed by atoms with E-state index in [1.807, 2.05) is 13.3 Å². The van der Waals surface area contributed by atoms with Gasteiger partial charge in [-0.05, 0) is 34.5 Å². The molecule has 0 aliphatic heterocycles. The maximum Gasteiger partial charge on any atom is 0.0561 e. The number of hydrazone groups is 1. The molecule has 124 valence electrons. The smallest absolute Gasteiger partial charge is 0.0561 e. The van der Waals surface area contributed by atoms with Crippen LogP contribution in [0, 0.1) is 0 Å². The van der Waals surface area contributed by atoms with E-state index in [2.05, 4.69) is 97.9 Å². The molecule has 0 saturated carbocycles. The largest absolute Gasteiger partial charge is 0.342 e. The Kier molecular flexibility index (Phi) is 4.28. The van der Waals surface area contributed by atoms with E-state index in [9.17, 15) is 0 Å². The molecule has 0 atom stereocenters. The number of rotatable bonds is 4. The zero-order chi connectivity index (χ0) is 17.2. The molecule has 4 aromatic rings. The fourth-order valence-electron chi connectivity index (χ4n) is 3.28. The van der Waals surface area contributed by atoms with Crippen LogP contribution in [0.15, 0.2) is 76.4 Å². The summed E-state index contributed by atoms with van der Waals surface area (Å²) in [4.78, 5) is 0. The minimum Gasteiger partial charge on any atom is -0.342 e. The highest BCUT2D eigenvalue weighted by atomic mass is 79.9. The Hall–Kier alpha value is -2.59. The van der Waals surface area contributed by atoms with Gasteiger partial charge in [-0.15, -0.1) is 0 Å². The minimum absolute atomic E-state index is 0.826. The van der Waals surface area contributed by atoms with Crippen LogP contribution in [0.2, 0.25) is 0 Å². The van der Waals surface area contributed by atoms with Gasteiger partial charge in [0.05, 0.1) is 6.21 Å². The van der Waals surface area contributed by atoms with Crippen molar-refractivity contribution >= 4 is 43.8 Å². The third-order valence-corrected chi connectivity index (χ3v) is 4.92. The van der Waals surface area contributed by atoms with Gasteiger partial charge in [0.1, 0.15) is 0 Å². The average molecular weight is 392 g/mol. The van der Waals surface area contributed by atoms with Crippen LogP contribution in [0.3, 0.4) is 0 Å². The lowest BCUT2D eigenvalue weighted by atomic mass is 10.0. The maximum atomic E-state index is 4.19. The molecule has 1 heterocycles.